The smallest absolute Gasteiger partial charge is 0.146 e. The zero-order valence-electron chi connectivity index (χ0n) is 7.53. The van der Waals surface area contributed by atoms with E-state index in [1.807, 2.05) is 6.92 Å². The summed E-state index contributed by atoms with van der Waals surface area (Å²) in [5.41, 5.74) is 6.14. The third-order valence-corrected chi connectivity index (χ3v) is 1.70. The maximum atomic E-state index is 13.1. The van der Waals surface area contributed by atoms with E-state index in [1.54, 1.807) is 6.07 Å². The van der Waals surface area contributed by atoms with Crippen LogP contribution < -0.4 is 5.73 Å². The van der Waals surface area contributed by atoms with E-state index < -0.39 is 6.04 Å². The molecule has 4 heteroatoms. The van der Waals surface area contributed by atoms with Crippen LogP contribution in [0.2, 0.25) is 0 Å². The third-order valence-electron chi connectivity index (χ3n) is 1.70. The number of hydrogen-bond donors (Lipinski definition) is 1. The molecule has 3 nitrogen and oxygen atoms in total. The van der Waals surface area contributed by atoms with E-state index in [9.17, 15) is 4.39 Å². The number of nitrogens with zero attached hydrogens (tertiary/aromatic N) is 1. The van der Waals surface area contributed by atoms with Crippen LogP contribution in [0.15, 0.2) is 18.5 Å². The Morgan fingerprint density at radius 1 is 1.69 bits per heavy atom. The first-order chi connectivity index (χ1) is 6.25. The standard InChI is InChI=1S/C9H13FN2O/c1-2-13-6-9(11)7-3-4-12-5-8(7)10/h3-5,9H,2,6,11H2,1H3. The maximum absolute atomic E-state index is 13.1. The molecule has 0 bridgehead atoms. The molecule has 1 heterocycles. The molecule has 2 N–H and O–H groups in total. The lowest BCUT2D eigenvalue weighted by atomic mass is 10.1. The average molecular weight is 184 g/mol. The average Bonchev–Trinajstić information content (AvgIpc) is 2.15. The van der Waals surface area contributed by atoms with Crippen molar-refractivity contribution in [3.05, 3.63) is 29.8 Å². The topological polar surface area (TPSA) is 48.1 Å². The van der Waals surface area contributed by atoms with Gasteiger partial charge in [0.15, 0.2) is 0 Å². The van der Waals surface area contributed by atoms with Gasteiger partial charge in [0.1, 0.15) is 5.82 Å². The van der Waals surface area contributed by atoms with Gasteiger partial charge in [0.05, 0.1) is 18.8 Å². The highest BCUT2D eigenvalue weighted by molar-refractivity contribution is 5.16. The Kier molecular flexibility index (Phi) is 3.79. The molecule has 1 atom stereocenters. The summed E-state index contributed by atoms with van der Waals surface area (Å²) < 4.78 is 18.2. The van der Waals surface area contributed by atoms with Crippen LogP contribution in [0.25, 0.3) is 0 Å². The molecule has 0 amide bonds. The van der Waals surface area contributed by atoms with Gasteiger partial charge in [0.2, 0.25) is 0 Å². The Bertz CT molecular complexity index is 268. The molecule has 0 spiro atoms. The molecule has 1 aromatic heterocycles. The predicted molar refractivity (Wildman–Crippen MR) is 47.6 cm³/mol. The van der Waals surface area contributed by atoms with E-state index in [0.717, 1.165) is 6.20 Å². The first-order valence-electron chi connectivity index (χ1n) is 4.18. The molecule has 13 heavy (non-hydrogen) atoms. The van der Waals surface area contributed by atoms with Crippen molar-refractivity contribution in [3.8, 4) is 0 Å². The molecule has 1 unspecified atom stereocenters. The van der Waals surface area contributed by atoms with Crippen LogP contribution >= 0.6 is 0 Å². The molecular formula is C9H13FN2O. The second kappa shape index (κ2) is 4.89. The van der Waals surface area contributed by atoms with Crippen LogP contribution in [0.5, 0.6) is 0 Å². The number of rotatable bonds is 4. The van der Waals surface area contributed by atoms with Gasteiger partial charge in [-0.15, -0.1) is 0 Å². The van der Waals surface area contributed by atoms with Gasteiger partial charge >= 0.3 is 0 Å². The van der Waals surface area contributed by atoms with Crippen molar-refractivity contribution in [1.82, 2.24) is 4.98 Å². The number of aromatic nitrogens is 1. The Labute approximate surface area is 76.7 Å². The van der Waals surface area contributed by atoms with Crippen LogP contribution in [-0.2, 0) is 4.74 Å². The summed E-state index contributed by atoms with van der Waals surface area (Å²) in [4.78, 5) is 3.64. The van der Waals surface area contributed by atoms with E-state index >= 15 is 0 Å². The summed E-state index contributed by atoms with van der Waals surface area (Å²) in [7, 11) is 0. The fourth-order valence-electron chi connectivity index (χ4n) is 1.02. The zero-order valence-corrected chi connectivity index (χ0v) is 7.53. The van der Waals surface area contributed by atoms with E-state index in [1.165, 1.54) is 6.20 Å². The summed E-state index contributed by atoms with van der Waals surface area (Å²) in [6.07, 6.45) is 2.67. The minimum Gasteiger partial charge on any atom is -0.380 e. The van der Waals surface area contributed by atoms with Gasteiger partial charge in [-0.1, -0.05) is 0 Å². The second-order valence-electron chi connectivity index (χ2n) is 2.66. The molecule has 0 radical (unpaired) electrons. The van der Waals surface area contributed by atoms with Crippen LogP contribution in [0.4, 0.5) is 4.39 Å². The number of hydrogen-bond acceptors (Lipinski definition) is 3. The van der Waals surface area contributed by atoms with Crippen molar-refractivity contribution in [2.75, 3.05) is 13.2 Å². The predicted octanol–water partition coefficient (Wildman–Crippen LogP) is 1.26. The molecule has 1 rings (SSSR count). The van der Waals surface area contributed by atoms with Crippen LogP contribution in [0, 0.1) is 5.82 Å². The summed E-state index contributed by atoms with van der Waals surface area (Å²) >= 11 is 0. The zero-order chi connectivity index (χ0) is 9.68. The molecule has 0 saturated heterocycles. The molecule has 0 aromatic carbocycles. The highest BCUT2D eigenvalue weighted by Crippen LogP contribution is 2.13. The Hall–Kier alpha value is -1.00. The van der Waals surface area contributed by atoms with Gasteiger partial charge in [-0.2, -0.15) is 0 Å². The quantitative estimate of drug-likeness (QED) is 0.766. The summed E-state index contributed by atoms with van der Waals surface area (Å²) in [5, 5.41) is 0. The lowest BCUT2D eigenvalue weighted by Gasteiger charge is -2.11. The van der Waals surface area contributed by atoms with E-state index in [-0.39, 0.29) is 5.82 Å². The highest BCUT2D eigenvalue weighted by atomic mass is 19.1. The number of nitrogens with two attached hydrogens (primary N) is 1. The first kappa shape index (κ1) is 10.1. The fraction of sp³-hybridized carbons (Fsp3) is 0.444. The molecule has 0 aliphatic carbocycles. The maximum Gasteiger partial charge on any atom is 0.146 e. The van der Waals surface area contributed by atoms with Crippen LogP contribution in [0.1, 0.15) is 18.5 Å². The minimum absolute atomic E-state index is 0.331. The normalized spacial score (nSPS) is 12.8. The van der Waals surface area contributed by atoms with Gasteiger partial charge in [0, 0.05) is 18.4 Å². The van der Waals surface area contributed by atoms with E-state index in [2.05, 4.69) is 4.98 Å². The third kappa shape index (κ3) is 2.75. The first-order valence-corrected chi connectivity index (χ1v) is 4.18. The number of ether oxygens (including phenoxy) is 1. The molecule has 0 aliphatic rings. The van der Waals surface area contributed by atoms with Gasteiger partial charge in [-0.25, -0.2) is 4.39 Å². The van der Waals surface area contributed by atoms with Crippen molar-refractivity contribution in [1.29, 1.82) is 0 Å². The second-order valence-corrected chi connectivity index (χ2v) is 2.66. The van der Waals surface area contributed by atoms with Crippen molar-refractivity contribution in [3.63, 3.8) is 0 Å². The van der Waals surface area contributed by atoms with Gasteiger partial charge in [-0.05, 0) is 13.0 Å². The fourth-order valence-corrected chi connectivity index (χ4v) is 1.02. The Morgan fingerprint density at radius 2 is 2.46 bits per heavy atom. The van der Waals surface area contributed by atoms with Crippen molar-refractivity contribution in [2.24, 2.45) is 5.73 Å². The number of halogens is 1. The Balaban J connectivity index is 2.65. The van der Waals surface area contributed by atoms with Gasteiger partial charge in [-0.3, -0.25) is 4.98 Å². The lowest BCUT2D eigenvalue weighted by molar-refractivity contribution is 0.132. The molecule has 1 aromatic rings. The lowest BCUT2D eigenvalue weighted by Crippen LogP contribution is -2.18. The van der Waals surface area contributed by atoms with E-state index in [4.69, 9.17) is 10.5 Å². The SMILES string of the molecule is CCOCC(N)c1ccncc1F. The monoisotopic (exact) mass is 184 g/mol. The largest absolute Gasteiger partial charge is 0.380 e. The summed E-state index contributed by atoms with van der Waals surface area (Å²) in [6, 6.07) is 1.15. The van der Waals surface area contributed by atoms with Gasteiger partial charge < -0.3 is 10.5 Å². The van der Waals surface area contributed by atoms with Crippen LogP contribution in [0.3, 0.4) is 0 Å². The van der Waals surface area contributed by atoms with Crippen molar-refractivity contribution < 1.29 is 9.13 Å². The van der Waals surface area contributed by atoms with Gasteiger partial charge in [0.25, 0.3) is 0 Å². The summed E-state index contributed by atoms with van der Waals surface area (Å²) in [6.45, 7) is 2.79. The van der Waals surface area contributed by atoms with Crippen LogP contribution in [-0.4, -0.2) is 18.2 Å². The minimum atomic E-state index is -0.414. The highest BCUT2D eigenvalue weighted by Gasteiger charge is 2.10. The van der Waals surface area contributed by atoms with Crippen molar-refractivity contribution >= 4 is 0 Å². The molecule has 72 valence electrons. The molecular weight excluding hydrogens is 171 g/mol. The van der Waals surface area contributed by atoms with Crippen molar-refractivity contribution in [2.45, 2.75) is 13.0 Å². The Morgan fingerprint density at radius 3 is 3.08 bits per heavy atom. The number of pyridine rings is 1. The molecule has 0 fully saturated rings. The molecule has 0 aliphatic heterocycles. The van der Waals surface area contributed by atoms with E-state index in [0.29, 0.717) is 18.8 Å². The summed E-state index contributed by atoms with van der Waals surface area (Å²) in [5.74, 6) is -0.380. The molecule has 0 saturated carbocycles.